The molecule has 1 unspecified atom stereocenters. The minimum atomic E-state index is -0.0301. The average Bonchev–Trinajstić information content (AvgIpc) is 2.67. The predicted molar refractivity (Wildman–Crippen MR) is 46.3 cm³/mol. The summed E-state index contributed by atoms with van der Waals surface area (Å²) < 4.78 is 0. The Labute approximate surface area is 67.2 Å². The molecule has 0 radical (unpaired) electrons. The molecule has 0 aromatic carbocycles. The standard InChI is InChI=1S/C8H16OS/c1-2-10-6-8(9)5-7-3-4-7/h7-9H,2-6H2,1H3. The number of aliphatic hydroxyl groups excluding tert-OH is 1. The van der Waals surface area contributed by atoms with Crippen LogP contribution in [0.1, 0.15) is 26.2 Å². The first-order chi connectivity index (χ1) is 4.83. The van der Waals surface area contributed by atoms with Crippen LogP contribution in [0.2, 0.25) is 0 Å². The molecule has 1 aliphatic rings. The van der Waals surface area contributed by atoms with Crippen molar-refractivity contribution in [2.24, 2.45) is 5.92 Å². The van der Waals surface area contributed by atoms with Gasteiger partial charge in [-0.05, 0) is 18.1 Å². The zero-order chi connectivity index (χ0) is 7.40. The van der Waals surface area contributed by atoms with Crippen LogP contribution in [0.15, 0.2) is 0 Å². The van der Waals surface area contributed by atoms with E-state index in [1.165, 1.54) is 12.8 Å². The Hall–Kier alpha value is 0.310. The third-order valence-electron chi connectivity index (χ3n) is 1.82. The van der Waals surface area contributed by atoms with Crippen LogP contribution in [-0.4, -0.2) is 22.7 Å². The van der Waals surface area contributed by atoms with Gasteiger partial charge < -0.3 is 5.11 Å². The molecule has 0 aliphatic heterocycles. The summed E-state index contributed by atoms with van der Waals surface area (Å²) in [7, 11) is 0. The van der Waals surface area contributed by atoms with E-state index in [1.807, 2.05) is 11.8 Å². The van der Waals surface area contributed by atoms with Gasteiger partial charge in [0.1, 0.15) is 0 Å². The van der Waals surface area contributed by atoms with Crippen LogP contribution < -0.4 is 0 Å². The minimum absolute atomic E-state index is 0.0301. The topological polar surface area (TPSA) is 20.2 Å². The van der Waals surface area contributed by atoms with Gasteiger partial charge in [0.15, 0.2) is 0 Å². The summed E-state index contributed by atoms with van der Waals surface area (Å²) in [6.07, 6.45) is 3.73. The van der Waals surface area contributed by atoms with Crippen molar-refractivity contribution in [3.05, 3.63) is 0 Å². The quantitative estimate of drug-likeness (QED) is 0.663. The normalized spacial score (nSPS) is 21.0. The Morgan fingerprint density at radius 1 is 1.60 bits per heavy atom. The molecule has 1 fully saturated rings. The molecule has 0 amide bonds. The fourth-order valence-corrected chi connectivity index (χ4v) is 1.70. The minimum Gasteiger partial charge on any atom is -0.392 e. The highest BCUT2D eigenvalue weighted by molar-refractivity contribution is 7.99. The highest BCUT2D eigenvalue weighted by Gasteiger charge is 2.23. The summed E-state index contributed by atoms with van der Waals surface area (Å²) in [6, 6.07) is 0. The van der Waals surface area contributed by atoms with Crippen LogP contribution in [0.25, 0.3) is 0 Å². The predicted octanol–water partition coefficient (Wildman–Crippen LogP) is 1.90. The molecule has 1 saturated carbocycles. The van der Waals surface area contributed by atoms with Crippen molar-refractivity contribution in [3.8, 4) is 0 Å². The lowest BCUT2D eigenvalue weighted by molar-refractivity contribution is 0.182. The summed E-state index contributed by atoms with van der Waals surface area (Å²) in [4.78, 5) is 0. The van der Waals surface area contributed by atoms with Gasteiger partial charge >= 0.3 is 0 Å². The van der Waals surface area contributed by atoms with E-state index in [2.05, 4.69) is 6.92 Å². The summed E-state index contributed by atoms with van der Waals surface area (Å²) in [6.45, 7) is 2.13. The summed E-state index contributed by atoms with van der Waals surface area (Å²) >= 11 is 1.84. The second-order valence-electron chi connectivity index (χ2n) is 2.99. The molecule has 1 N–H and O–H groups in total. The summed E-state index contributed by atoms with van der Waals surface area (Å²) in [5.74, 6) is 2.93. The first kappa shape index (κ1) is 8.41. The maximum Gasteiger partial charge on any atom is 0.0633 e. The third kappa shape index (κ3) is 3.47. The van der Waals surface area contributed by atoms with Crippen LogP contribution in [0.4, 0.5) is 0 Å². The fourth-order valence-electron chi connectivity index (χ4n) is 1.06. The van der Waals surface area contributed by atoms with Crippen LogP contribution in [0.5, 0.6) is 0 Å². The molecule has 0 spiro atoms. The SMILES string of the molecule is CCSCC(O)CC1CC1. The van der Waals surface area contributed by atoms with Crippen LogP contribution in [0.3, 0.4) is 0 Å². The van der Waals surface area contributed by atoms with Gasteiger partial charge in [-0.25, -0.2) is 0 Å². The van der Waals surface area contributed by atoms with E-state index in [-0.39, 0.29) is 6.10 Å². The number of rotatable bonds is 5. The molecule has 2 heteroatoms. The lowest BCUT2D eigenvalue weighted by Gasteiger charge is -2.07. The summed E-state index contributed by atoms with van der Waals surface area (Å²) in [5, 5.41) is 9.37. The van der Waals surface area contributed by atoms with Gasteiger partial charge in [-0.3, -0.25) is 0 Å². The molecular formula is C8H16OS. The van der Waals surface area contributed by atoms with Gasteiger partial charge in [0.25, 0.3) is 0 Å². The van der Waals surface area contributed by atoms with Crippen molar-refractivity contribution in [2.45, 2.75) is 32.3 Å². The molecule has 1 rings (SSSR count). The van der Waals surface area contributed by atoms with Crippen molar-refractivity contribution < 1.29 is 5.11 Å². The van der Waals surface area contributed by atoms with Crippen molar-refractivity contribution in [1.82, 2.24) is 0 Å². The van der Waals surface area contributed by atoms with Gasteiger partial charge in [0.2, 0.25) is 0 Å². The molecule has 60 valence electrons. The number of hydrogen-bond acceptors (Lipinski definition) is 2. The molecule has 0 aromatic heterocycles. The van der Waals surface area contributed by atoms with Crippen LogP contribution in [0, 0.1) is 5.92 Å². The molecule has 1 aliphatic carbocycles. The van der Waals surface area contributed by atoms with E-state index in [0.29, 0.717) is 0 Å². The van der Waals surface area contributed by atoms with Gasteiger partial charge in [0, 0.05) is 5.75 Å². The maximum atomic E-state index is 9.37. The molecular weight excluding hydrogens is 144 g/mol. The lowest BCUT2D eigenvalue weighted by atomic mass is 10.2. The Bertz CT molecular complexity index is 91.3. The van der Waals surface area contributed by atoms with E-state index in [9.17, 15) is 5.11 Å². The first-order valence-electron chi connectivity index (χ1n) is 4.08. The molecule has 1 nitrogen and oxygen atoms in total. The maximum absolute atomic E-state index is 9.37. The molecule has 0 aromatic rings. The van der Waals surface area contributed by atoms with Crippen molar-refractivity contribution in [3.63, 3.8) is 0 Å². The van der Waals surface area contributed by atoms with Crippen molar-refractivity contribution in [1.29, 1.82) is 0 Å². The Kier molecular flexibility index (Phi) is 3.57. The van der Waals surface area contributed by atoms with Gasteiger partial charge in [-0.1, -0.05) is 19.8 Å². The molecule has 1 atom stereocenters. The highest BCUT2D eigenvalue weighted by Crippen LogP contribution is 2.33. The van der Waals surface area contributed by atoms with Gasteiger partial charge in [-0.15, -0.1) is 0 Å². The third-order valence-corrected chi connectivity index (χ3v) is 2.85. The largest absolute Gasteiger partial charge is 0.392 e. The van der Waals surface area contributed by atoms with Crippen LogP contribution >= 0.6 is 11.8 Å². The molecule has 0 heterocycles. The number of aliphatic hydroxyl groups is 1. The number of thioether (sulfide) groups is 1. The lowest BCUT2D eigenvalue weighted by Crippen LogP contribution is -2.10. The average molecular weight is 160 g/mol. The van der Waals surface area contributed by atoms with Crippen molar-refractivity contribution in [2.75, 3.05) is 11.5 Å². The molecule has 0 bridgehead atoms. The zero-order valence-corrected chi connectivity index (χ0v) is 7.36. The van der Waals surface area contributed by atoms with Gasteiger partial charge in [0.05, 0.1) is 6.10 Å². The zero-order valence-electron chi connectivity index (χ0n) is 6.55. The Morgan fingerprint density at radius 2 is 2.30 bits per heavy atom. The molecule has 10 heavy (non-hydrogen) atoms. The van der Waals surface area contributed by atoms with E-state index in [1.54, 1.807) is 0 Å². The smallest absolute Gasteiger partial charge is 0.0633 e. The summed E-state index contributed by atoms with van der Waals surface area (Å²) in [5.41, 5.74) is 0. The van der Waals surface area contributed by atoms with Crippen LogP contribution in [-0.2, 0) is 0 Å². The molecule has 0 saturated heterocycles. The first-order valence-corrected chi connectivity index (χ1v) is 5.24. The van der Waals surface area contributed by atoms with E-state index < -0.39 is 0 Å². The van der Waals surface area contributed by atoms with Gasteiger partial charge in [-0.2, -0.15) is 11.8 Å². The second-order valence-corrected chi connectivity index (χ2v) is 4.31. The Balaban J connectivity index is 1.91. The van der Waals surface area contributed by atoms with Crippen molar-refractivity contribution >= 4 is 11.8 Å². The second kappa shape index (κ2) is 4.24. The van der Waals surface area contributed by atoms with E-state index in [0.717, 1.165) is 23.8 Å². The number of hydrogen-bond donors (Lipinski definition) is 1. The monoisotopic (exact) mass is 160 g/mol. The fraction of sp³-hybridized carbons (Fsp3) is 1.00. The van der Waals surface area contributed by atoms with E-state index >= 15 is 0 Å². The Morgan fingerprint density at radius 3 is 2.80 bits per heavy atom. The van der Waals surface area contributed by atoms with E-state index in [4.69, 9.17) is 0 Å². The highest BCUT2D eigenvalue weighted by atomic mass is 32.2.